The Morgan fingerprint density at radius 2 is 2.21 bits per heavy atom. The van der Waals surface area contributed by atoms with E-state index in [4.69, 9.17) is 5.11 Å². The highest BCUT2D eigenvalue weighted by molar-refractivity contribution is 7.99. The fraction of sp³-hybridized carbons (Fsp3) is 1.00. The minimum atomic E-state index is -4.50. The van der Waals surface area contributed by atoms with Crippen LogP contribution >= 0.6 is 11.8 Å². The van der Waals surface area contributed by atoms with E-state index in [0.717, 1.165) is 17.9 Å². The van der Waals surface area contributed by atoms with Crippen LogP contribution in [0.2, 0.25) is 0 Å². The number of aliphatic hydroxyl groups is 1. The first kappa shape index (κ1) is 12.1. The van der Waals surface area contributed by atoms with Gasteiger partial charge < -0.3 is 5.11 Å². The molecule has 0 saturated carbocycles. The molecule has 1 heterocycles. The zero-order valence-corrected chi connectivity index (χ0v) is 8.74. The molecule has 6 heteroatoms. The van der Waals surface area contributed by atoms with Gasteiger partial charge in [-0.1, -0.05) is 0 Å². The quantitative estimate of drug-likeness (QED) is 0.790. The van der Waals surface area contributed by atoms with E-state index in [1.807, 2.05) is 0 Å². The average molecular weight is 229 g/mol. The summed E-state index contributed by atoms with van der Waals surface area (Å²) in [5, 5.41) is 8.84. The molecule has 0 aromatic rings. The molecule has 2 atom stereocenters. The second kappa shape index (κ2) is 4.72. The molecule has 2 nitrogen and oxygen atoms in total. The van der Waals surface area contributed by atoms with Crippen molar-refractivity contribution in [3.8, 4) is 0 Å². The second-order valence-corrected chi connectivity index (χ2v) is 4.66. The lowest BCUT2D eigenvalue weighted by atomic mass is 10.2. The Hall–Kier alpha value is 0.0600. The maximum atomic E-state index is 12.0. The monoisotopic (exact) mass is 229 g/mol. The second-order valence-electron chi connectivity index (χ2n) is 3.51. The maximum Gasteiger partial charge on any atom is 0.415 e. The summed E-state index contributed by atoms with van der Waals surface area (Å²) in [6.45, 7) is -0.325. The third-order valence-electron chi connectivity index (χ3n) is 2.37. The third-order valence-corrected chi connectivity index (χ3v) is 3.51. The van der Waals surface area contributed by atoms with Gasteiger partial charge in [-0.05, 0) is 19.2 Å². The van der Waals surface area contributed by atoms with Crippen LogP contribution in [0.4, 0.5) is 13.2 Å². The molecule has 0 aliphatic carbocycles. The minimum Gasteiger partial charge on any atom is -0.382 e. The smallest absolute Gasteiger partial charge is 0.382 e. The van der Waals surface area contributed by atoms with Gasteiger partial charge in [0.05, 0.1) is 0 Å². The first-order valence-corrected chi connectivity index (χ1v) is 5.59. The molecule has 1 saturated heterocycles. The lowest BCUT2D eigenvalue weighted by Gasteiger charge is -2.26. The predicted molar refractivity (Wildman–Crippen MR) is 50.4 cm³/mol. The first-order chi connectivity index (χ1) is 6.41. The zero-order valence-electron chi connectivity index (χ0n) is 7.92. The van der Waals surface area contributed by atoms with Gasteiger partial charge in [0, 0.05) is 18.3 Å². The van der Waals surface area contributed by atoms with Gasteiger partial charge in [-0.2, -0.15) is 24.9 Å². The fourth-order valence-electron chi connectivity index (χ4n) is 1.40. The van der Waals surface area contributed by atoms with E-state index < -0.39 is 12.3 Å². The molecule has 0 amide bonds. The fourth-order valence-corrected chi connectivity index (χ4v) is 2.69. The molecule has 1 rings (SSSR count). The van der Waals surface area contributed by atoms with Crippen LogP contribution in [0.1, 0.15) is 6.42 Å². The SMILES string of the molecule is CN(CC(O)C(F)(F)F)C1CCSC1. The molecule has 1 aliphatic rings. The average Bonchev–Trinajstić information content (AvgIpc) is 2.53. The van der Waals surface area contributed by atoms with E-state index >= 15 is 0 Å². The molecule has 1 N–H and O–H groups in total. The topological polar surface area (TPSA) is 23.5 Å². The van der Waals surface area contributed by atoms with Gasteiger partial charge in [-0.15, -0.1) is 0 Å². The number of halogens is 3. The van der Waals surface area contributed by atoms with Crippen molar-refractivity contribution in [2.75, 3.05) is 25.1 Å². The first-order valence-electron chi connectivity index (χ1n) is 4.44. The van der Waals surface area contributed by atoms with E-state index in [2.05, 4.69) is 0 Å². The van der Waals surface area contributed by atoms with E-state index in [1.54, 1.807) is 23.7 Å². The van der Waals surface area contributed by atoms with Crippen LogP contribution in [0.15, 0.2) is 0 Å². The summed E-state index contributed by atoms with van der Waals surface area (Å²) in [6.07, 6.45) is -5.82. The number of alkyl halides is 3. The van der Waals surface area contributed by atoms with Gasteiger partial charge in [-0.3, -0.25) is 4.90 Å². The molecule has 0 bridgehead atoms. The number of rotatable bonds is 3. The third kappa shape index (κ3) is 3.33. The summed E-state index contributed by atoms with van der Waals surface area (Å²) in [5.41, 5.74) is 0. The summed E-state index contributed by atoms with van der Waals surface area (Å²) in [6, 6.07) is 0.178. The van der Waals surface area contributed by atoms with Gasteiger partial charge in [0.15, 0.2) is 6.10 Å². The van der Waals surface area contributed by atoms with E-state index in [0.29, 0.717) is 0 Å². The van der Waals surface area contributed by atoms with Crippen LogP contribution < -0.4 is 0 Å². The molecular formula is C8H14F3NOS. The summed E-state index contributed by atoms with van der Waals surface area (Å²) >= 11 is 1.74. The number of nitrogens with zero attached hydrogens (tertiary/aromatic N) is 1. The number of aliphatic hydroxyl groups excluding tert-OH is 1. The lowest BCUT2D eigenvalue weighted by Crippen LogP contribution is -2.43. The van der Waals surface area contributed by atoms with Gasteiger partial charge in [0.2, 0.25) is 0 Å². The molecule has 0 spiro atoms. The lowest BCUT2D eigenvalue weighted by molar-refractivity contribution is -0.208. The van der Waals surface area contributed by atoms with Crippen LogP contribution in [0.5, 0.6) is 0 Å². The van der Waals surface area contributed by atoms with Crippen molar-refractivity contribution in [3.05, 3.63) is 0 Å². The molecule has 1 fully saturated rings. The van der Waals surface area contributed by atoms with Crippen molar-refractivity contribution in [2.24, 2.45) is 0 Å². The van der Waals surface area contributed by atoms with Crippen molar-refractivity contribution < 1.29 is 18.3 Å². The molecule has 0 aromatic carbocycles. The predicted octanol–water partition coefficient (Wildman–Crippen LogP) is 1.35. The highest BCUT2D eigenvalue weighted by atomic mass is 32.2. The van der Waals surface area contributed by atoms with Crippen LogP contribution in [0.3, 0.4) is 0 Å². The molecule has 14 heavy (non-hydrogen) atoms. The number of likely N-dealkylation sites (N-methyl/N-ethyl adjacent to an activating group) is 1. The Morgan fingerprint density at radius 3 is 2.64 bits per heavy atom. The van der Waals surface area contributed by atoms with Gasteiger partial charge in [0.1, 0.15) is 0 Å². The molecular weight excluding hydrogens is 215 g/mol. The molecule has 84 valence electrons. The van der Waals surface area contributed by atoms with Crippen molar-refractivity contribution in [1.82, 2.24) is 4.90 Å². The van der Waals surface area contributed by atoms with Crippen molar-refractivity contribution in [3.63, 3.8) is 0 Å². The Kier molecular flexibility index (Phi) is 4.09. The van der Waals surface area contributed by atoms with Crippen molar-refractivity contribution in [1.29, 1.82) is 0 Å². The maximum absolute atomic E-state index is 12.0. The van der Waals surface area contributed by atoms with Crippen LogP contribution in [-0.4, -0.2) is 53.4 Å². The van der Waals surface area contributed by atoms with Crippen LogP contribution in [0, 0.1) is 0 Å². The summed E-state index contributed by atoms with van der Waals surface area (Å²) < 4.78 is 36.0. The normalized spacial score (nSPS) is 25.7. The van der Waals surface area contributed by atoms with E-state index in [9.17, 15) is 13.2 Å². The van der Waals surface area contributed by atoms with E-state index in [-0.39, 0.29) is 12.6 Å². The molecule has 2 unspecified atom stereocenters. The molecule has 1 aliphatic heterocycles. The summed E-state index contributed by atoms with van der Waals surface area (Å²) in [4.78, 5) is 1.60. The van der Waals surface area contributed by atoms with Gasteiger partial charge in [-0.25, -0.2) is 0 Å². The Balaban J connectivity index is 2.35. The molecule has 0 aromatic heterocycles. The van der Waals surface area contributed by atoms with Crippen molar-refractivity contribution >= 4 is 11.8 Å². The standard InChI is InChI=1S/C8H14F3NOS/c1-12(6-2-3-14-5-6)4-7(13)8(9,10)11/h6-7,13H,2-5H2,1H3. The molecule has 0 radical (unpaired) electrons. The highest BCUT2D eigenvalue weighted by Crippen LogP contribution is 2.24. The zero-order chi connectivity index (χ0) is 10.8. The summed E-state index contributed by atoms with van der Waals surface area (Å²) in [5.74, 6) is 1.86. The Bertz CT molecular complexity index is 182. The minimum absolute atomic E-state index is 0.178. The van der Waals surface area contributed by atoms with E-state index in [1.165, 1.54) is 0 Å². The van der Waals surface area contributed by atoms with Gasteiger partial charge >= 0.3 is 6.18 Å². The number of hydrogen-bond acceptors (Lipinski definition) is 3. The number of hydrogen-bond donors (Lipinski definition) is 1. The Labute approximate surface area is 85.5 Å². The van der Waals surface area contributed by atoms with Crippen molar-refractivity contribution in [2.45, 2.75) is 24.7 Å². The number of thioether (sulfide) groups is 1. The van der Waals surface area contributed by atoms with Gasteiger partial charge in [0.25, 0.3) is 0 Å². The highest BCUT2D eigenvalue weighted by Gasteiger charge is 2.39. The summed E-state index contributed by atoms with van der Waals surface area (Å²) in [7, 11) is 1.63. The largest absolute Gasteiger partial charge is 0.415 e. The van der Waals surface area contributed by atoms with Crippen LogP contribution in [0.25, 0.3) is 0 Å². The van der Waals surface area contributed by atoms with Crippen LogP contribution in [-0.2, 0) is 0 Å². The Morgan fingerprint density at radius 1 is 1.57 bits per heavy atom.